The summed E-state index contributed by atoms with van der Waals surface area (Å²) in [6, 6.07) is 10.4. The van der Waals surface area contributed by atoms with Crippen molar-refractivity contribution < 1.29 is 0 Å². The van der Waals surface area contributed by atoms with E-state index in [9.17, 15) is 0 Å². The average molecular weight is 268 g/mol. The van der Waals surface area contributed by atoms with Crippen LogP contribution in [-0.4, -0.2) is 0 Å². The fourth-order valence-electron chi connectivity index (χ4n) is 1.70. The van der Waals surface area contributed by atoms with Crippen molar-refractivity contribution in [2.45, 2.75) is 32.6 Å². The van der Waals surface area contributed by atoms with Gasteiger partial charge in [-0.1, -0.05) is 67.6 Å². The highest BCUT2D eigenvalue weighted by Gasteiger charge is 2.02. The maximum Gasteiger partial charge on any atom is 0.00497 e. The molecule has 0 aliphatic rings. The van der Waals surface area contributed by atoms with Crippen LogP contribution in [-0.2, 0) is 0 Å². The molecule has 0 aliphatic carbocycles. The molecule has 0 saturated carbocycles. The normalized spacial score (nSPS) is 12.9. The van der Waals surface area contributed by atoms with Gasteiger partial charge in [0.25, 0.3) is 0 Å². The molecule has 0 aliphatic heterocycles. The molecule has 0 amide bonds. The van der Waals surface area contributed by atoms with E-state index in [1.54, 1.807) is 0 Å². The monoisotopic (exact) mass is 268 g/mol. The average Bonchev–Trinajstić information content (AvgIpc) is 2.51. The van der Waals surface area contributed by atoms with Gasteiger partial charge in [0.2, 0.25) is 0 Å². The van der Waals surface area contributed by atoms with Gasteiger partial charge in [0.15, 0.2) is 0 Å². The first kappa shape index (κ1) is 18.2. The molecule has 0 radical (unpaired) electrons. The lowest BCUT2D eigenvalue weighted by Crippen LogP contribution is -1.91. The lowest BCUT2D eigenvalue weighted by Gasteiger charge is -2.09. The largest absolute Gasteiger partial charge is 0.103 e. The molecule has 108 valence electrons. The van der Waals surface area contributed by atoms with Crippen molar-refractivity contribution in [3.8, 4) is 0 Å². The van der Waals surface area contributed by atoms with Gasteiger partial charge in [-0.05, 0) is 31.2 Å². The summed E-state index contributed by atoms with van der Waals surface area (Å²) in [5.74, 6) is 1.05. The predicted molar refractivity (Wildman–Crippen MR) is 93.0 cm³/mol. The highest BCUT2D eigenvalue weighted by molar-refractivity contribution is 5.23. The van der Waals surface area contributed by atoms with Crippen molar-refractivity contribution in [1.82, 2.24) is 0 Å². The second kappa shape index (κ2) is 12.2. The molecule has 0 saturated heterocycles. The molecule has 0 spiro atoms. The lowest BCUT2D eigenvalue weighted by molar-refractivity contribution is 0.746. The van der Waals surface area contributed by atoms with Gasteiger partial charge < -0.3 is 0 Å². The number of benzene rings is 1. The highest BCUT2D eigenvalue weighted by atomic mass is 14.1. The number of allylic oxidation sites excluding steroid dienone is 5. The van der Waals surface area contributed by atoms with E-state index in [0.717, 1.165) is 12.8 Å². The van der Waals surface area contributed by atoms with E-state index < -0.39 is 0 Å². The van der Waals surface area contributed by atoms with Crippen LogP contribution in [0.25, 0.3) is 0 Å². The van der Waals surface area contributed by atoms with Crippen LogP contribution in [0.15, 0.2) is 80.4 Å². The van der Waals surface area contributed by atoms with E-state index in [4.69, 9.17) is 0 Å². The number of hydrogen-bond acceptors (Lipinski definition) is 0. The Hall–Kier alpha value is -1.82. The molecule has 1 rings (SSSR count). The zero-order valence-corrected chi connectivity index (χ0v) is 13.0. The van der Waals surface area contributed by atoms with Crippen molar-refractivity contribution in [3.63, 3.8) is 0 Å². The summed E-state index contributed by atoms with van der Waals surface area (Å²) in [4.78, 5) is 0. The third-order valence-electron chi connectivity index (χ3n) is 3.08. The van der Waals surface area contributed by atoms with Crippen LogP contribution in [0.3, 0.4) is 0 Å². The van der Waals surface area contributed by atoms with Crippen LogP contribution in [0.2, 0.25) is 0 Å². The van der Waals surface area contributed by atoms with Gasteiger partial charge in [0.05, 0.1) is 0 Å². The van der Waals surface area contributed by atoms with E-state index in [2.05, 4.69) is 63.1 Å². The molecule has 0 nitrogen and oxygen atoms in total. The summed E-state index contributed by atoms with van der Waals surface area (Å²) in [5.41, 5.74) is 1.31. The Morgan fingerprint density at radius 2 is 1.65 bits per heavy atom. The van der Waals surface area contributed by atoms with Crippen molar-refractivity contribution >= 4 is 0 Å². The van der Waals surface area contributed by atoms with E-state index in [1.165, 1.54) is 5.56 Å². The third-order valence-corrected chi connectivity index (χ3v) is 3.08. The summed E-state index contributed by atoms with van der Waals surface area (Å²) in [5, 5.41) is 0. The SMILES string of the molecule is C=CC(C)CC=CC.C=CCC(C=C)c1ccccc1. The topological polar surface area (TPSA) is 0 Å². The molecule has 0 heteroatoms. The van der Waals surface area contributed by atoms with Gasteiger partial charge in [-0.2, -0.15) is 0 Å². The lowest BCUT2D eigenvalue weighted by atomic mass is 9.96. The minimum atomic E-state index is 0.420. The first-order valence-electron chi connectivity index (χ1n) is 7.21. The molecular weight excluding hydrogens is 240 g/mol. The third kappa shape index (κ3) is 8.31. The molecule has 0 bridgehead atoms. The summed E-state index contributed by atoms with van der Waals surface area (Å²) >= 11 is 0. The molecule has 0 heterocycles. The Bertz CT molecular complexity index is 397. The zero-order chi connectivity index (χ0) is 15.2. The van der Waals surface area contributed by atoms with Gasteiger partial charge in [0, 0.05) is 5.92 Å². The maximum absolute atomic E-state index is 3.81. The van der Waals surface area contributed by atoms with Crippen LogP contribution in [0.1, 0.15) is 38.2 Å². The Labute approximate surface area is 125 Å². The summed E-state index contributed by atoms with van der Waals surface area (Å²) in [6.45, 7) is 15.4. The zero-order valence-electron chi connectivity index (χ0n) is 13.0. The van der Waals surface area contributed by atoms with Gasteiger partial charge in [0.1, 0.15) is 0 Å². The van der Waals surface area contributed by atoms with Crippen molar-refractivity contribution in [3.05, 3.63) is 86.0 Å². The van der Waals surface area contributed by atoms with Crippen LogP contribution >= 0.6 is 0 Å². The Morgan fingerprint density at radius 3 is 2.10 bits per heavy atom. The van der Waals surface area contributed by atoms with E-state index in [-0.39, 0.29) is 0 Å². The molecule has 0 fully saturated rings. The Morgan fingerprint density at radius 1 is 1.00 bits per heavy atom. The highest BCUT2D eigenvalue weighted by Crippen LogP contribution is 2.20. The van der Waals surface area contributed by atoms with Gasteiger partial charge in [-0.15, -0.1) is 19.7 Å². The summed E-state index contributed by atoms with van der Waals surface area (Å²) in [6.07, 6.45) is 12.2. The Balaban J connectivity index is 0.000000396. The minimum absolute atomic E-state index is 0.420. The first-order valence-corrected chi connectivity index (χ1v) is 7.21. The van der Waals surface area contributed by atoms with Gasteiger partial charge >= 0.3 is 0 Å². The smallest absolute Gasteiger partial charge is 0.00497 e. The molecule has 1 aromatic rings. The quantitative estimate of drug-likeness (QED) is 0.508. The number of hydrogen-bond donors (Lipinski definition) is 0. The van der Waals surface area contributed by atoms with Crippen molar-refractivity contribution in [2.24, 2.45) is 5.92 Å². The molecule has 0 aromatic heterocycles. The summed E-state index contributed by atoms with van der Waals surface area (Å²) in [7, 11) is 0. The fraction of sp³-hybridized carbons (Fsp3) is 0.300. The fourth-order valence-corrected chi connectivity index (χ4v) is 1.70. The van der Waals surface area contributed by atoms with E-state index in [1.807, 2.05) is 31.2 Å². The molecule has 0 N–H and O–H groups in total. The minimum Gasteiger partial charge on any atom is -0.103 e. The molecule has 2 unspecified atom stereocenters. The second-order valence-electron chi connectivity index (χ2n) is 4.79. The standard InChI is InChI=1S/C12H14.C8H14/c1-3-8-11(4-2)12-9-6-5-7-10-12;1-4-6-7-8(3)5-2/h3-7,9-11H,1-2,8H2;4-6,8H,2,7H2,1,3H3. The second-order valence-corrected chi connectivity index (χ2v) is 4.79. The van der Waals surface area contributed by atoms with Crippen LogP contribution in [0, 0.1) is 5.92 Å². The van der Waals surface area contributed by atoms with E-state index >= 15 is 0 Å². The van der Waals surface area contributed by atoms with Crippen molar-refractivity contribution in [2.75, 3.05) is 0 Å². The Kier molecular flexibility index (Phi) is 11.1. The first-order chi connectivity index (χ1) is 9.69. The number of rotatable bonds is 7. The van der Waals surface area contributed by atoms with Gasteiger partial charge in [-0.3, -0.25) is 0 Å². The van der Waals surface area contributed by atoms with Crippen molar-refractivity contribution in [1.29, 1.82) is 0 Å². The molecule has 2 atom stereocenters. The van der Waals surface area contributed by atoms with E-state index in [0.29, 0.717) is 11.8 Å². The van der Waals surface area contributed by atoms with Crippen LogP contribution < -0.4 is 0 Å². The molecule has 20 heavy (non-hydrogen) atoms. The maximum atomic E-state index is 3.81. The molecule has 1 aromatic carbocycles. The van der Waals surface area contributed by atoms with Crippen LogP contribution in [0.5, 0.6) is 0 Å². The predicted octanol–water partition coefficient (Wildman–Crippen LogP) is 6.31. The van der Waals surface area contributed by atoms with Crippen LogP contribution in [0.4, 0.5) is 0 Å². The van der Waals surface area contributed by atoms with Gasteiger partial charge in [-0.25, -0.2) is 0 Å². The molecular formula is C20H28. The summed E-state index contributed by atoms with van der Waals surface area (Å²) < 4.78 is 0.